The van der Waals surface area contributed by atoms with Crippen molar-refractivity contribution in [1.82, 2.24) is 9.78 Å². The number of carbonyl (C=O) groups excluding carboxylic acids is 1. The van der Waals surface area contributed by atoms with Crippen LogP contribution in [-0.4, -0.2) is 20.5 Å². The van der Waals surface area contributed by atoms with Crippen LogP contribution >= 0.6 is 0 Å². The number of ketones is 1. The molecule has 1 atom stereocenters. The smallest absolute Gasteiger partial charge is 0.271 e. The number of benzene rings is 1. The van der Waals surface area contributed by atoms with Crippen LogP contribution < -0.4 is 10.6 Å². The van der Waals surface area contributed by atoms with Crippen LogP contribution in [0.5, 0.6) is 0 Å². The van der Waals surface area contributed by atoms with Crippen molar-refractivity contribution in [2.24, 2.45) is 12.8 Å². The highest BCUT2D eigenvalue weighted by Crippen LogP contribution is 2.47. The molecule has 152 valence electrons. The lowest BCUT2D eigenvalue weighted by Gasteiger charge is -2.39. The molecule has 0 spiro atoms. The van der Waals surface area contributed by atoms with Gasteiger partial charge in [-0.05, 0) is 25.8 Å². The predicted molar refractivity (Wildman–Crippen MR) is 109 cm³/mol. The Morgan fingerprint density at radius 2 is 2.13 bits per heavy atom. The van der Waals surface area contributed by atoms with Gasteiger partial charge < -0.3 is 5.73 Å². The van der Waals surface area contributed by atoms with Gasteiger partial charge in [0.05, 0.1) is 34.4 Å². The van der Waals surface area contributed by atoms with E-state index in [1.807, 2.05) is 6.92 Å². The predicted octanol–water partition coefficient (Wildman–Crippen LogP) is 2.94. The normalized spacial score (nSPS) is 19.0. The van der Waals surface area contributed by atoms with Crippen molar-refractivity contribution >= 4 is 17.2 Å². The third kappa shape index (κ3) is 2.85. The van der Waals surface area contributed by atoms with E-state index in [1.165, 1.54) is 12.1 Å². The lowest BCUT2D eigenvalue weighted by Crippen LogP contribution is -2.38. The van der Waals surface area contributed by atoms with E-state index in [9.17, 15) is 20.2 Å². The van der Waals surface area contributed by atoms with E-state index >= 15 is 0 Å². The molecule has 0 radical (unpaired) electrons. The molecule has 4 rings (SSSR count). The Balaban J connectivity index is 1.98. The number of Topliss-reactive ketones (excluding diaryl/α,β-unsaturated/α-hetero) is 1. The van der Waals surface area contributed by atoms with E-state index in [4.69, 9.17) is 5.73 Å². The summed E-state index contributed by atoms with van der Waals surface area (Å²) in [7, 11) is 1.80. The number of rotatable bonds is 3. The summed E-state index contributed by atoms with van der Waals surface area (Å²) >= 11 is 0. The molecule has 2 aliphatic rings. The molecule has 0 saturated heterocycles. The van der Waals surface area contributed by atoms with Crippen LogP contribution in [0.25, 0.3) is 0 Å². The first-order valence-corrected chi connectivity index (χ1v) is 9.54. The molecule has 9 heteroatoms. The average molecular weight is 404 g/mol. The minimum absolute atomic E-state index is 0.0415. The molecule has 1 aliphatic carbocycles. The standard InChI is InChI=1S/C21H20N6O3/c1-12-16(11-24-25(12)2)19-15(10-22)21(23)26(17-7-4-8-18(28)20(17)19)13-5-3-6-14(9-13)27(29)30/h3,5-6,9,11,19H,4,7-8,23H2,1-2H3/t19-/m0/s1. The maximum absolute atomic E-state index is 13.1. The van der Waals surface area contributed by atoms with Gasteiger partial charge in [-0.25, -0.2) is 0 Å². The number of aryl methyl sites for hydroxylation is 1. The van der Waals surface area contributed by atoms with Gasteiger partial charge in [-0.1, -0.05) is 6.07 Å². The molecular weight excluding hydrogens is 384 g/mol. The minimum Gasteiger partial charge on any atom is -0.384 e. The monoisotopic (exact) mass is 404 g/mol. The van der Waals surface area contributed by atoms with Crippen molar-refractivity contribution < 1.29 is 9.72 Å². The first kappa shape index (κ1) is 19.4. The van der Waals surface area contributed by atoms with Crippen molar-refractivity contribution in [3.63, 3.8) is 0 Å². The maximum Gasteiger partial charge on any atom is 0.271 e. The number of hydrogen-bond acceptors (Lipinski definition) is 7. The van der Waals surface area contributed by atoms with Crippen LogP contribution in [0.3, 0.4) is 0 Å². The van der Waals surface area contributed by atoms with Crippen molar-refractivity contribution in [1.29, 1.82) is 5.26 Å². The molecular formula is C21H20N6O3. The Morgan fingerprint density at radius 3 is 2.77 bits per heavy atom. The second-order valence-electron chi connectivity index (χ2n) is 7.40. The van der Waals surface area contributed by atoms with Crippen LogP contribution in [0, 0.1) is 28.4 Å². The average Bonchev–Trinajstić information content (AvgIpc) is 3.05. The topological polar surface area (TPSA) is 131 Å². The zero-order valence-corrected chi connectivity index (χ0v) is 16.6. The number of anilines is 1. The van der Waals surface area contributed by atoms with Crippen molar-refractivity contribution in [2.45, 2.75) is 32.1 Å². The minimum atomic E-state index is -0.596. The van der Waals surface area contributed by atoms with Gasteiger partial charge >= 0.3 is 0 Å². The number of hydrogen-bond donors (Lipinski definition) is 1. The van der Waals surface area contributed by atoms with Gasteiger partial charge in [-0.3, -0.25) is 24.5 Å². The van der Waals surface area contributed by atoms with Gasteiger partial charge in [0.1, 0.15) is 5.82 Å². The summed E-state index contributed by atoms with van der Waals surface area (Å²) in [5.74, 6) is -0.457. The van der Waals surface area contributed by atoms with Gasteiger partial charge in [0.25, 0.3) is 5.69 Å². The van der Waals surface area contributed by atoms with E-state index in [2.05, 4.69) is 11.2 Å². The number of non-ortho nitro benzene ring substituents is 1. The second-order valence-corrected chi connectivity index (χ2v) is 7.40. The summed E-state index contributed by atoms with van der Waals surface area (Å²) < 4.78 is 1.70. The summed E-state index contributed by atoms with van der Waals surface area (Å²) in [5, 5.41) is 25.5. The fourth-order valence-corrected chi connectivity index (χ4v) is 4.24. The number of nitriles is 1. The molecule has 2 heterocycles. The molecule has 30 heavy (non-hydrogen) atoms. The summed E-state index contributed by atoms with van der Waals surface area (Å²) in [5.41, 5.74) is 9.90. The molecule has 0 fully saturated rings. The second kappa shape index (κ2) is 7.15. The maximum atomic E-state index is 13.1. The number of carbonyl (C=O) groups is 1. The molecule has 2 aromatic rings. The number of aromatic nitrogens is 2. The molecule has 1 aromatic heterocycles. The van der Waals surface area contributed by atoms with Gasteiger partial charge in [-0.15, -0.1) is 0 Å². The third-order valence-electron chi connectivity index (χ3n) is 5.80. The van der Waals surface area contributed by atoms with E-state index < -0.39 is 10.8 Å². The molecule has 2 N–H and O–H groups in total. The zero-order chi connectivity index (χ0) is 21.6. The van der Waals surface area contributed by atoms with Gasteiger partial charge in [0.15, 0.2) is 5.78 Å². The van der Waals surface area contributed by atoms with Crippen LogP contribution in [0.2, 0.25) is 0 Å². The van der Waals surface area contributed by atoms with Crippen LogP contribution in [-0.2, 0) is 11.8 Å². The molecule has 1 aromatic carbocycles. The largest absolute Gasteiger partial charge is 0.384 e. The summed E-state index contributed by atoms with van der Waals surface area (Å²) in [4.78, 5) is 25.5. The quantitative estimate of drug-likeness (QED) is 0.614. The Labute approximate surface area is 172 Å². The summed E-state index contributed by atoms with van der Waals surface area (Å²) in [6.07, 6.45) is 3.28. The highest BCUT2D eigenvalue weighted by molar-refractivity contribution is 6.01. The zero-order valence-electron chi connectivity index (χ0n) is 16.6. The first-order chi connectivity index (χ1) is 14.3. The van der Waals surface area contributed by atoms with E-state index in [0.29, 0.717) is 36.2 Å². The van der Waals surface area contributed by atoms with Crippen molar-refractivity contribution in [2.75, 3.05) is 4.90 Å². The fourth-order valence-electron chi connectivity index (χ4n) is 4.24. The molecule has 1 aliphatic heterocycles. The lowest BCUT2D eigenvalue weighted by atomic mass is 9.75. The highest BCUT2D eigenvalue weighted by atomic mass is 16.6. The van der Waals surface area contributed by atoms with Gasteiger partial charge in [0, 0.05) is 48.1 Å². The van der Waals surface area contributed by atoms with Crippen LogP contribution in [0.15, 0.2) is 53.1 Å². The first-order valence-electron chi connectivity index (χ1n) is 9.54. The van der Waals surface area contributed by atoms with Crippen molar-refractivity contribution in [3.8, 4) is 6.07 Å². The Hall–Kier alpha value is -3.93. The third-order valence-corrected chi connectivity index (χ3v) is 5.80. The molecule has 0 bridgehead atoms. The van der Waals surface area contributed by atoms with E-state index in [1.54, 1.807) is 35.0 Å². The van der Waals surface area contributed by atoms with Crippen LogP contribution in [0.1, 0.15) is 36.4 Å². The van der Waals surface area contributed by atoms with Gasteiger partial charge in [0.2, 0.25) is 0 Å². The van der Waals surface area contributed by atoms with E-state index in [-0.39, 0.29) is 22.9 Å². The highest BCUT2D eigenvalue weighted by Gasteiger charge is 2.41. The number of nitro benzene ring substituents is 1. The molecule has 0 saturated carbocycles. The summed E-state index contributed by atoms with van der Waals surface area (Å²) in [6, 6.07) is 8.23. The molecule has 9 nitrogen and oxygen atoms in total. The number of nitro groups is 1. The van der Waals surface area contributed by atoms with Crippen molar-refractivity contribution in [3.05, 3.63) is 74.5 Å². The number of nitrogens with two attached hydrogens (primary N) is 1. The number of nitrogens with zero attached hydrogens (tertiary/aromatic N) is 5. The Bertz CT molecular complexity index is 1180. The molecule has 0 amide bonds. The molecule has 0 unspecified atom stereocenters. The van der Waals surface area contributed by atoms with Gasteiger partial charge in [-0.2, -0.15) is 10.4 Å². The Morgan fingerprint density at radius 1 is 1.37 bits per heavy atom. The van der Waals surface area contributed by atoms with Crippen LogP contribution in [0.4, 0.5) is 11.4 Å². The summed E-state index contributed by atoms with van der Waals surface area (Å²) in [6.45, 7) is 1.88. The fraction of sp³-hybridized carbons (Fsp3) is 0.286. The number of allylic oxidation sites excluding steroid dienone is 3. The Kier molecular flexibility index (Phi) is 4.62. The SMILES string of the molecule is Cc1c([C@@H]2C(C#N)=C(N)N(c3cccc([N+](=O)[O-])c3)C3=C2C(=O)CCC3)cnn1C. The lowest BCUT2D eigenvalue weighted by molar-refractivity contribution is -0.384. The van der Waals surface area contributed by atoms with E-state index in [0.717, 1.165) is 11.3 Å².